The molecule has 0 aromatic carbocycles. The van der Waals surface area contributed by atoms with E-state index in [-0.39, 0.29) is 11.3 Å². The lowest BCUT2D eigenvalue weighted by Gasteiger charge is -2.35. The third-order valence-electron chi connectivity index (χ3n) is 4.07. The lowest BCUT2D eigenvalue weighted by molar-refractivity contribution is -0.133. The molecule has 2 rings (SSSR count). The molecule has 1 amide bonds. The summed E-state index contributed by atoms with van der Waals surface area (Å²) in [5.74, 6) is 0.188. The number of amides is 1. The van der Waals surface area contributed by atoms with Crippen LogP contribution in [-0.4, -0.2) is 28.8 Å². The quantitative estimate of drug-likeness (QED) is 0.831. The van der Waals surface area contributed by atoms with E-state index in [9.17, 15) is 4.79 Å². The first-order valence-electron chi connectivity index (χ1n) is 6.64. The van der Waals surface area contributed by atoms with Crippen molar-refractivity contribution in [3.63, 3.8) is 0 Å². The maximum Gasteiger partial charge on any atom is 0.226 e. The van der Waals surface area contributed by atoms with Crippen LogP contribution in [0.3, 0.4) is 0 Å². The molecule has 1 saturated heterocycles. The third-order valence-corrected chi connectivity index (χ3v) is 4.07. The summed E-state index contributed by atoms with van der Waals surface area (Å²) in [5.41, 5.74) is 0.854. The Morgan fingerprint density at radius 1 is 1.56 bits per heavy atom. The fourth-order valence-electron chi connectivity index (χ4n) is 2.58. The number of aryl methyl sites for hydroxylation is 1. The van der Waals surface area contributed by atoms with Gasteiger partial charge in [-0.3, -0.25) is 9.48 Å². The summed E-state index contributed by atoms with van der Waals surface area (Å²) < 4.78 is 1.79. The summed E-state index contributed by atoms with van der Waals surface area (Å²) in [6.07, 6.45) is 4.52. The van der Waals surface area contributed by atoms with Crippen LogP contribution in [0.25, 0.3) is 0 Å². The summed E-state index contributed by atoms with van der Waals surface area (Å²) in [6.45, 7) is 4.54. The third kappa shape index (κ3) is 2.56. The molecule has 0 radical (unpaired) electrons. The Morgan fingerprint density at radius 2 is 2.28 bits per heavy atom. The van der Waals surface area contributed by atoms with Crippen LogP contribution < -0.4 is 10.6 Å². The first-order chi connectivity index (χ1) is 8.68. The van der Waals surface area contributed by atoms with Gasteiger partial charge in [0.15, 0.2) is 0 Å². The van der Waals surface area contributed by atoms with Crippen molar-refractivity contribution in [1.82, 2.24) is 20.4 Å². The van der Waals surface area contributed by atoms with Crippen LogP contribution in [0, 0.1) is 5.41 Å². The zero-order valence-corrected chi connectivity index (χ0v) is 11.2. The highest BCUT2D eigenvalue weighted by Crippen LogP contribution is 2.32. The molecule has 5 heteroatoms. The summed E-state index contributed by atoms with van der Waals surface area (Å²) >= 11 is 0. The molecule has 1 fully saturated rings. The molecule has 1 aromatic heterocycles. The van der Waals surface area contributed by atoms with Crippen molar-refractivity contribution >= 4 is 5.91 Å². The molecule has 18 heavy (non-hydrogen) atoms. The highest BCUT2D eigenvalue weighted by molar-refractivity contribution is 5.82. The molecule has 2 heterocycles. The number of hydrogen-bond acceptors (Lipinski definition) is 3. The first-order valence-corrected chi connectivity index (χ1v) is 6.64. The van der Waals surface area contributed by atoms with Gasteiger partial charge < -0.3 is 10.6 Å². The Hall–Kier alpha value is -1.36. The number of carbonyl (C=O) groups excluding carboxylic acids is 1. The molecule has 100 valence electrons. The van der Waals surface area contributed by atoms with E-state index in [0.717, 1.165) is 38.0 Å². The van der Waals surface area contributed by atoms with Gasteiger partial charge in [-0.25, -0.2) is 0 Å². The molecule has 0 aliphatic carbocycles. The highest BCUT2D eigenvalue weighted by atomic mass is 16.2. The normalized spacial score (nSPS) is 18.6. The Bertz CT molecular complexity index is 407. The van der Waals surface area contributed by atoms with Crippen molar-refractivity contribution in [3.05, 3.63) is 18.0 Å². The number of aromatic nitrogens is 2. The van der Waals surface area contributed by atoms with Crippen LogP contribution in [0.2, 0.25) is 0 Å². The second-order valence-corrected chi connectivity index (χ2v) is 5.01. The fourth-order valence-corrected chi connectivity index (χ4v) is 2.58. The van der Waals surface area contributed by atoms with Crippen LogP contribution in [0.15, 0.2) is 12.3 Å². The summed E-state index contributed by atoms with van der Waals surface area (Å²) in [6, 6.07) is 1.93. The van der Waals surface area contributed by atoms with Gasteiger partial charge in [0.25, 0.3) is 0 Å². The van der Waals surface area contributed by atoms with Gasteiger partial charge >= 0.3 is 0 Å². The number of rotatable bonds is 4. The van der Waals surface area contributed by atoms with Gasteiger partial charge in [0.05, 0.1) is 17.7 Å². The monoisotopic (exact) mass is 250 g/mol. The van der Waals surface area contributed by atoms with E-state index in [1.165, 1.54) is 0 Å². The van der Waals surface area contributed by atoms with Gasteiger partial charge in [-0.2, -0.15) is 5.10 Å². The molecule has 2 N–H and O–H groups in total. The Labute approximate surface area is 108 Å². The SMILES string of the molecule is CCC1(C(=O)NCc2ccnn2C)CCNCC1. The fraction of sp³-hybridized carbons (Fsp3) is 0.692. The van der Waals surface area contributed by atoms with Gasteiger partial charge in [-0.15, -0.1) is 0 Å². The van der Waals surface area contributed by atoms with E-state index < -0.39 is 0 Å². The van der Waals surface area contributed by atoms with Crippen LogP contribution in [0.4, 0.5) is 0 Å². The zero-order valence-electron chi connectivity index (χ0n) is 11.2. The average molecular weight is 250 g/mol. The molecular formula is C13H22N4O. The zero-order chi connectivity index (χ0) is 13.0. The van der Waals surface area contributed by atoms with Gasteiger partial charge in [0.2, 0.25) is 5.91 Å². The first kappa shape index (κ1) is 13.1. The van der Waals surface area contributed by atoms with Crippen molar-refractivity contribution in [2.75, 3.05) is 13.1 Å². The maximum absolute atomic E-state index is 12.4. The molecule has 0 unspecified atom stereocenters. The number of carbonyl (C=O) groups is 1. The second-order valence-electron chi connectivity index (χ2n) is 5.01. The Morgan fingerprint density at radius 3 is 2.83 bits per heavy atom. The molecule has 5 nitrogen and oxygen atoms in total. The van der Waals surface area contributed by atoms with E-state index in [2.05, 4.69) is 22.7 Å². The predicted molar refractivity (Wildman–Crippen MR) is 69.9 cm³/mol. The van der Waals surface area contributed by atoms with E-state index in [0.29, 0.717) is 6.54 Å². The Kier molecular flexibility index (Phi) is 4.01. The highest BCUT2D eigenvalue weighted by Gasteiger charge is 2.37. The Balaban J connectivity index is 1.96. The molecular weight excluding hydrogens is 228 g/mol. The molecule has 1 aromatic rings. The smallest absolute Gasteiger partial charge is 0.226 e. The molecule has 0 saturated carbocycles. The van der Waals surface area contributed by atoms with Crippen molar-refractivity contribution in [3.8, 4) is 0 Å². The van der Waals surface area contributed by atoms with E-state index >= 15 is 0 Å². The minimum atomic E-state index is -0.177. The van der Waals surface area contributed by atoms with Crippen LogP contribution in [-0.2, 0) is 18.4 Å². The summed E-state index contributed by atoms with van der Waals surface area (Å²) in [4.78, 5) is 12.4. The minimum Gasteiger partial charge on any atom is -0.350 e. The van der Waals surface area contributed by atoms with Crippen LogP contribution in [0.5, 0.6) is 0 Å². The average Bonchev–Trinajstić information content (AvgIpc) is 2.82. The molecule has 1 aliphatic rings. The van der Waals surface area contributed by atoms with Gasteiger partial charge in [0.1, 0.15) is 0 Å². The number of piperidine rings is 1. The molecule has 0 bridgehead atoms. The standard InChI is InChI=1S/C13H22N4O/c1-3-13(5-8-14-9-6-13)12(18)15-10-11-4-7-16-17(11)2/h4,7,14H,3,5-6,8-10H2,1-2H3,(H,15,18). The molecule has 1 aliphatic heterocycles. The van der Waals surface area contributed by atoms with Crippen molar-refractivity contribution in [2.45, 2.75) is 32.7 Å². The number of nitrogens with one attached hydrogen (secondary N) is 2. The van der Waals surface area contributed by atoms with Crippen LogP contribution in [0.1, 0.15) is 31.9 Å². The van der Waals surface area contributed by atoms with Crippen molar-refractivity contribution in [2.24, 2.45) is 12.5 Å². The second kappa shape index (κ2) is 5.52. The molecule has 0 spiro atoms. The predicted octanol–water partition coefficient (Wildman–Crippen LogP) is 0.816. The lowest BCUT2D eigenvalue weighted by Crippen LogP contribution is -2.47. The number of hydrogen-bond donors (Lipinski definition) is 2. The molecule has 0 atom stereocenters. The lowest BCUT2D eigenvalue weighted by atomic mass is 9.76. The van der Waals surface area contributed by atoms with Gasteiger partial charge in [-0.1, -0.05) is 6.92 Å². The van der Waals surface area contributed by atoms with Gasteiger partial charge in [-0.05, 0) is 38.4 Å². The number of nitrogens with zero attached hydrogens (tertiary/aromatic N) is 2. The summed E-state index contributed by atoms with van der Waals surface area (Å²) in [7, 11) is 1.89. The summed E-state index contributed by atoms with van der Waals surface area (Å²) in [5, 5.41) is 10.5. The van der Waals surface area contributed by atoms with E-state index in [1.54, 1.807) is 10.9 Å². The van der Waals surface area contributed by atoms with Crippen molar-refractivity contribution < 1.29 is 4.79 Å². The van der Waals surface area contributed by atoms with E-state index in [4.69, 9.17) is 0 Å². The van der Waals surface area contributed by atoms with E-state index in [1.807, 2.05) is 13.1 Å². The van der Waals surface area contributed by atoms with Gasteiger partial charge in [0, 0.05) is 13.2 Å². The minimum absolute atomic E-state index is 0.177. The maximum atomic E-state index is 12.4. The van der Waals surface area contributed by atoms with Crippen molar-refractivity contribution in [1.29, 1.82) is 0 Å². The van der Waals surface area contributed by atoms with Crippen LogP contribution >= 0.6 is 0 Å². The largest absolute Gasteiger partial charge is 0.350 e. The topological polar surface area (TPSA) is 59.0 Å².